The van der Waals surface area contributed by atoms with Crippen molar-refractivity contribution in [3.05, 3.63) is 11.6 Å². The third-order valence-corrected chi connectivity index (χ3v) is 2.10. The van der Waals surface area contributed by atoms with Gasteiger partial charge in [0.05, 0.1) is 7.11 Å². The highest BCUT2D eigenvalue weighted by atomic mass is 16.5. The van der Waals surface area contributed by atoms with Gasteiger partial charge in [0.1, 0.15) is 0 Å². The van der Waals surface area contributed by atoms with Crippen LogP contribution < -0.4 is 0 Å². The van der Waals surface area contributed by atoms with Gasteiger partial charge >= 0.3 is 5.97 Å². The van der Waals surface area contributed by atoms with Crippen LogP contribution in [0.15, 0.2) is 11.6 Å². The van der Waals surface area contributed by atoms with Crippen LogP contribution in [0.25, 0.3) is 0 Å². The first-order valence-electron chi connectivity index (χ1n) is 4.99. The number of carbonyl (C=O) groups excluding carboxylic acids is 1. The standard InChI is InChI=1S/C11H20O2/c1-4-6-7-8-9-10(5-2)11(12)13-3/h5H,4,6-9H2,1-3H3. The number of methoxy groups -OCH3 is 1. The number of esters is 1. The van der Waals surface area contributed by atoms with Gasteiger partial charge in [0.25, 0.3) is 0 Å². The van der Waals surface area contributed by atoms with Crippen LogP contribution in [0.3, 0.4) is 0 Å². The van der Waals surface area contributed by atoms with E-state index in [0.29, 0.717) is 0 Å². The quantitative estimate of drug-likeness (QED) is 0.360. The van der Waals surface area contributed by atoms with E-state index >= 15 is 0 Å². The van der Waals surface area contributed by atoms with Gasteiger partial charge in [-0.1, -0.05) is 32.3 Å². The Balaban J connectivity index is 3.68. The Kier molecular flexibility index (Phi) is 7.36. The molecule has 0 fully saturated rings. The van der Waals surface area contributed by atoms with E-state index in [1.807, 2.05) is 13.0 Å². The van der Waals surface area contributed by atoms with Crippen molar-refractivity contribution in [2.24, 2.45) is 0 Å². The average Bonchev–Trinajstić information content (AvgIpc) is 2.17. The van der Waals surface area contributed by atoms with Crippen LogP contribution in [-0.2, 0) is 9.53 Å². The van der Waals surface area contributed by atoms with Crippen molar-refractivity contribution < 1.29 is 9.53 Å². The van der Waals surface area contributed by atoms with Crippen molar-refractivity contribution in [2.75, 3.05) is 7.11 Å². The summed E-state index contributed by atoms with van der Waals surface area (Å²) in [6.45, 7) is 4.06. The minimum Gasteiger partial charge on any atom is -0.466 e. The molecule has 0 radical (unpaired) electrons. The lowest BCUT2D eigenvalue weighted by atomic mass is 10.1. The van der Waals surface area contributed by atoms with Gasteiger partial charge in [0, 0.05) is 5.57 Å². The van der Waals surface area contributed by atoms with Crippen molar-refractivity contribution in [1.29, 1.82) is 0 Å². The van der Waals surface area contributed by atoms with Crippen molar-refractivity contribution in [1.82, 2.24) is 0 Å². The summed E-state index contributed by atoms with van der Waals surface area (Å²) in [5.41, 5.74) is 0.804. The second-order valence-electron chi connectivity index (χ2n) is 3.12. The molecule has 0 aliphatic rings. The summed E-state index contributed by atoms with van der Waals surface area (Å²) in [4.78, 5) is 11.1. The van der Waals surface area contributed by atoms with Crippen molar-refractivity contribution in [2.45, 2.75) is 46.0 Å². The average molecular weight is 184 g/mol. The first-order valence-corrected chi connectivity index (χ1v) is 4.99. The molecule has 2 nitrogen and oxygen atoms in total. The van der Waals surface area contributed by atoms with Gasteiger partial charge in [0.15, 0.2) is 0 Å². The molecule has 0 aromatic carbocycles. The number of hydrogen-bond acceptors (Lipinski definition) is 2. The van der Waals surface area contributed by atoms with Crippen LogP contribution in [0, 0.1) is 0 Å². The predicted molar refractivity (Wildman–Crippen MR) is 54.5 cm³/mol. The summed E-state index contributed by atoms with van der Waals surface area (Å²) in [7, 11) is 1.43. The van der Waals surface area contributed by atoms with Crippen molar-refractivity contribution in [3.8, 4) is 0 Å². The molecule has 0 rings (SSSR count). The number of hydrogen-bond donors (Lipinski definition) is 0. The molecule has 0 aliphatic carbocycles. The molecule has 76 valence electrons. The smallest absolute Gasteiger partial charge is 0.333 e. The van der Waals surface area contributed by atoms with Crippen LogP contribution in [0.1, 0.15) is 46.0 Å². The maximum atomic E-state index is 11.1. The van der Waals surface area contributed by atoms with E-state index in [1.165, 1.54) is 26.4 Å². The topological polar surface area (TPSA) is 26.3 Å². The maximum absolute atomic E-state index is 11.1. The van der Waals surface area contributed by atoms with Gasteiger partial charge in [-0.05, 0) is 19.8 Å². The number of unbranched alkanes of at least 4 members (excludes halogenated alkanes) is 3. The van der Waals surface area contributed by atoms with E-state index in [2.05, 4.69) is 11.7 Å². The second-order valence-corrected chi connectivity index (χ2v) is 3.12. The lowest BCUT2D eigenvalue weighted by Crippen LogP contribution is -2.04. The normalized spacial score (nSPS) is 11.5. The number of rotatable bonds is 6. The Bertz CT molecular complexity index is 171. The molecular formula is C11H20O2. The zero-order chi connectivity index (χ0) is 10.1. The summed E-state index contributed by atoms with van der Waals surface area (Å²) in [5, 5.41) is 0. The molecule has 2 heteroatoms. The highest BCUT2D eigenvalue weighted by molar-refractivity contribution is 5.88. The van der Waals surface area contributed by atoms with Crippen molar-refractivity contribution >= 4 is 5.97 Å². The Morgan fingerprint density at radius 2 is 2.00 bits per heavy atom. The van der Waals surface area contributed by atoms with Gasteiger partial charge in [-0.3, -0.25) is 0 Å². The monoisotopic (exact) mass is 184 g/mol. The van der Waals surface area contributed by atoms with E-state index in [0.717, 1.165) is 18.4 Å². The van der Waals surface area contributed by atoms with Gasteiger partial charge in [-0.25, -0.2) is 4.79 Å². The fourth-order valence-corrected chi connectivity index (χ4v) is 1.24. The largest absolute Gasteiger partial charge is 0.466 e. The second kappa shape index (κ2) is 7.84. The maximum Gasteiger partial charge on any atom is 0.333 e. The molecule has 0 aromatic heterocycles. The number of ether oxygens (including phenoxy) is 1. The molecule has 0 N–H and O–H groups in total. The lowest BCUT2D eigenvalue weighted by Gasteiger charge is -2.03. The van der Waals surface area contributed by atoms with E-state index in [1.54, 1.807) is 0 Å². The Labute approximate surface area is 81.0 Å². The van der Waals surface area contributed by atoms with E-state index in [-0.39, 0.29) is 5.97 Å². The molecule has 13 heavy (non-hydrogen) atoms. The first kappa shape index (κ1) is 12.2. The van der Waals surface area contributed by atoms with Gasteiger partial charge in [-0.15, -0.1) is 0 Å². The fourth-order valence-electron chi connectivity index (χ4n) is 1.24. The number of allylic oxidation sites excluding steroid dienone is 1. The molecule has 0 spiro atoms. The molecular weight excluding hydrogens is 164 g/mol. The molecule has 0 bridgehead atoms. The summed E-state index contributed by atoms with van der Waals surface area (Å²) in [6.07, 6.45) is 7.45. The molecule has 0 saturated carbocycles. The summed E-state index contributed by atoms with van der Waals surface area (Å²) < 4.78 is 4.65. The lowest BCUT2D eigenvalue weighted by molar-refractivity contribution is -0.136. The molecule has 0 aromatic rings. The highest BCUT2D eigenvalue weighted by Crippen LogP contribution is 2.11. The van der Waals surface area contributed by atoms with Crippen LogP contribution in [0.5, 0.6) is 0 Å². The minimum atomic E-state index is -0.181. The fraction of sp³-hybridized carbons (Fsp3) is 0.727. The summed E-state index contributed by atoms with van der Waals surface area (Å²) >= 11 is 0. The van der Waals surface area contributed by atoms with E-state index < -0.39 is 0 Å². The zero-order valence-corrected chi connectivity index (χ0v) is 8.93. The van der Waals surface area contributed by atoms with E-state index in [4.69, 9.17) is 0 Å². The summed E-state index contributed by atoms with van der Waals surface area (Å²) in [6, 6.07) is 0. The van der Waals surface area contributed by atoms with E-state index in [9.17, 15) is 4.79 Å². The summed E-state index contributed by atoms with van der Waals surface area (Å²) in [5.74, 6) is -0.181. The van der Waals surface area contributed by atoms with Gasteiger partial charge in [0.2, 0.25) is 0 Å². The van der Waals surface area contributed by atoms with Gasteiger partial charge in [-0.2, -0.15) is 0 Å². The third kappa shape index (κ3) is 5.45. The van der Waals surface area contributed by atoms with Crippen LogP contribution >= 0.6 is 0 Å². The molecule has 0 unspecified atom stereocenters. The molecule has 0 aliphatic heterocycles. The first-order chi connectivity index (χ1) is 6.26. The van der Waals surface area contributed by atoms with Crippen LogP contribution in [-0.4, -0.2) is 13.1 Å². The third-order valence-electron chi connectivity index (χ3n) is 2.10. The predicted octanol–water partition coefficient (Wildman–Crippen LogP) is 3.08. The highest BCUT2D eigenvalue weighted by Gasteiger charge is 2.06. The van der Waals surface area contributed by atoms with Crippen molar-refractivity contribution in [3.63, 3.8) is 0 Å². The van der Waals surface area contributed by atoms with Crippen LogP contribution in [0.2, 0.25) is 0 Å². The Morgan fingerprint density at radius 3 is 2.46 bits per heavy atom. The molecule has 0 heterocycles. The Hall–Kier alpha value is -0.790. The minimum absolute atomic E-state index is 0.181. The number of carbonyl (C=O) groups is 1. The molecule has 0 amide bonds. The van der Waals surface area contributed by atoms with Gasteiger partial charge < -0.3 is 4.74 Å². The molecule has 0 atom stereocenters. The zero-order valence-electron chi connectivity index (χ0n) is 8.93. The SMILES string of the molecule is CC=C(CCCCCC)C(=O)OC. The Morgan fingerprint density at radius 1 is 1.31 bits per heavy atom. The van der Waals surface area contributed by atoms with Crippen LogP contribution in [0.4, 0.5) is 0 Å². The molecule has 0 saturated heterocycles.